The first kappa shape index (κ1) is 13.4. The molecule has 1 aliphatic heterocycles. The molecule has 0 unspecified atom stereocenters. The van der Waals surface area contributed by atoms with Gasteiger partial charge in [-0.3, -0.25) is 9.69 Å². The zero-order chi connectivity index (χ0) is 12.2. The number of aliphatic hydroxyl groups is 1. The molecule has 0 aliphatic carbocycles. The Morgan fingerprint density at radius 3 is 2.44 bits per heavy atom. The second-order valence-corrected chi connectivity index (χ2v) is 4.76. The smallest absolute Gasteiger partial charge is 0.305 e. The van der Waals surface area contributed by atoms with Gasteiger partial charge in [-0.15, -0.1) is 0 Å². The molecule has 5 heteroatoms. The lowest BCUT2D eigenvalue weighted by Crippen LogP contribution is -2.71. The van der Waals surface area contributed by atoms with E-state index in [1.165, 1.54) is 0 Å². The van der Waals surface area contributed by atoms with Crippen molar-refractivity contribution in [1.82, 2.24) is 10.2 Å². The Bertz CT molecular complexity index is 239. The van der Waals surface area contributed by atoms with Crippen LogP contribution in [-0.2, 0) is 4.79 Å². The van der Waals surface area contributed by atoms with Crippen molar-refractivity contribution < 1.29 is 15.0 Å². The fraction of sp³-hybridized carbons (Fsp3) is 0.909. The van der Waals surface area contributed by atoms with Crippen LogP contribution in [0, 0.1) is 0 Å². The number of hydrogen-bond donors (Lipinski definition) is 3. The molecule has 1 rings (SSSR count). The van der Waals surface area contributed by atoms with Gasteiger partial charge in [0.15, 0.2) is 0 Å². The van der Waals surface area contributed by atoms with E-state index in [1.54, 1.807) is 0 Å². The Hall–Kier alpha value is -0.650. The number of carboxylic acids is 1. The van der Waals surface area contributed by atoms with E-state index >= 15 is 0 Å². The van der Waals surface area contributed by atoms with Crippen molar-refractivity contribution in [2.45, 2.75) is 38.3 Å². The molecule has 1 heterocycles. The topological polar surface area (TPSA) is 72.8 Å². The maximum absolute atomic E-state index is 10.9. The van der Waals surface area contributed by atoms with Gasteiger partial charge in [0.25, 0.3) is 0 Å². The second kappa shape index (κ2) is 5.61. The highest BCUT2D eigenvalue weighted by Crippen LogP contribution is 2.27. The molecular formula is C11H22N2O3. The molecular weight excluding hydrogens is 208 g/mol. The van der Waals surface area contributed by atoms with Crippen LogP contribution in [0.2, 0.25) is 0 Å². The second-order valence-electron chi connectivity index (χ2n) is 4.76. The molecule has 0 aromatic carbocycles. The van der Waals surface area contributed by atoms with Crippen molar-refractivity contribution in [3.8, 4) is 0 Å². The van der Waals surface area contributed by atoms with E-state index in [0.29, 0.717) is 12.5 Å². The summed E-state index contributed by atoms with van der Waals surface area (Å²) in [5.74, 6) is -0.754. The van der Waals surface area contributed by atoms with Gasteiger partial charge < -0.3 is 15.5 Å². The fourth-order valence-corrected chi connectivity index (χ4v) is 2.41. The van der Waals surface area contributed by atoms with Crippen molar-refractivity contribution in [2.75, 3.05) is 26.2 Å². The Balaban J connectivity index is 2.68. The average Bonchev–Trinajstić information content (AvgIpc) is 2.12. The SMILES string of the molecule is CC(C)N(CCCO)C1(CC(=O)O)CNC1. The lowest BCUT2D eigenvalue weighted by atomic mass is 9.85. The van der Waals surface area contributed by atoms with E-state index in [0.717, 1.165) is 19.6 Å². The number of rotatable bonds is 7. The zero-order valence-electron chi connectivity index (χ0n) is 10.1. The van der Waals surface area contributed by atoms with Crippen LogP contribution in [0.15, 0.2) is 0 Å². The number of nitrogens with one attached hydrogen (secondary N) is 1. The van der Waals surface area contributed by atoms with Crippen molar-refractivity contribution >= 4 is 5.97 Å². The minimum Gasteiger partial charge on any atom is -0.481 e. The Morgan fingerprint density at radius 1 is 1.50 bits per heavy atom. The molecule has 1 aliphatic rings. The maximum Gasteiger partial charge on any atom is 0.305 e. The van der Waals surface area contributed by atoms with Gasteiger partial charge in [-0.05, 0) is 20.3 Å². The molecule has 16 heavy (non-hydrogen) atoms. The van der Waals surface area contributed by atoms with Crippen LogP contribution in [0.1, 0.15) is 26.7 Å². The van der Waals surface area contributed by atoms with E-state index in [1.807, 2.05) is 0 Å². The number of carboxylic acid groups (broad SMARTS) is 1. The Labute approximate surface area is 96.4 Å². The summed E-state index contributed by atoms with van der Waals surface area (Å²) in [6.07, 6.45) is 0.864. The third kappa shape index (κ3) is 2.93. The molecule has 0 radical (unpaired) electrons. The maximum atomic E-state index is 10.9. The van der Waals surface area contributed by atoms with Gasteiger partial charge in [-0.25, -0.2) is 0 Å². The molecule has 0 amide bonds. The molecule has 1 fully saturated rings. The molecule has 5 nitrogen and oxygen atoms in total. The summed E-state index contributed by atoms with van der Waals surface area (Å²) in [5, 5.41) is 21.0. The molecule has 1 saturated heterocycles. The highest BCUT2D eigenvalue weighted by molar-refractivity contribution is 5.68. The summed E-state index contributed by atoms with van der Waals surface area (Å²) in [4.78, 5) is 13.1. The minimum absolute atomic E-state index is 0.153. The number of aliphatic carboxylic acids is 1. The van der Waals surface area contributed by atoms with E-state index in [4.69, 9.17) is 10.2 Å². The Kier molecular flexibility index (Phi) is 4.70. The predicted molar refractivity (Wildman–Crippen MR) is 61.4 cm³/mol. The van der Waals surface area contributed by atoms with E-state index < -0.39 is 5.97 Å². The summed E-state index contributed by atoms with van der Waals surface area (Å²) in [6, 6.07) is 0.299. The van der Waals surface area contributed by atoms with Crippen LogP contribution in [0.4, 0.5) is 0 Å². The number of hydrogen-bond acceptors (Lipinski definition) is 4. The molecule has 0 aromatic heterocycles. The predicted octanol–water partition coefficient (Wildman–Crippen LogP) is -0.104. The zero-order valence-corrected chi connectivity index (χ0v) is 10.1. The van der Waals surface area contributed by atoms with Crippen LogP contribution in [0.3, 0.4) is 0 Å². The fourth-order valence-electron chi connectivity index (χ4n) is 2.41. The largest absolute Gasteiger partial charge is 0.481 e. The summed E-state index contributed by atoms with van der Waals surface area (Å²) >= 11 is 0. The molecule has 0 atom stereocenters. The van der Waals surface area contributed by atoms with Gasteiger partial charge in [0, 0.05) is 32.3 Å². The number of nitrogens with zero attached hydrogens (tertiary/aromatic N) is 1. The normalized spacial score (nSPS) is 18.8. The first-order valence-corrected chi connectivity index (χ1v) is 5.82. The van der Waals surface area contributed by atoms with Gasteiger partial charge in [0.05, 0.1) is 12.0 Å². The third-order valence-electron chi connectivity index (χ3n) is 3.18. The van der Waals surface area contributed by atoms with Gasteiger partial charge in [0.2, 0.25) is 0 Å². The highest BCUT2D eigenvalue weighted by atomic mass is 16.4. The van der Waals surface area contributed by atoms with Crippen molar-refractivity contribution in [1.29, 1.82) is 0 Å². The number of carbonyl (C=O) groups is 1. The van der Waals surface area contributed by atoms with Crippen LogP contribution >= 0.6 is 0 Å². The van der Waals surface area contributed by atoms with E-state index in [2.05, 4.69) is 24.1 Å². The first-order valence-electron chi connectivity index (χ1n) is 5.82. The summed E-state index contributed by atoms with van der Waals surface area (Å²) in [7, 11) is 0. The molecule has 0 bridgehead atoms. The summed E-state index contributed by atoms with van der Waals surface area (Å²) < 4.78 is 0. The lowest BCUT2D eigenvalue weighted by molar-refractivity contribution is -0.142. The third-order valence-corrected chi connectivity index (χ3v) is 3.18. The standard InChI is InChI=1S/C11H22N2O3/c1-9(2)13(4-3-5-14)11(6-10(15)16)7-12-8-11/h9,12,14H,3-8H2,1-2H3,(H,15,16). The van der Waals surface area contributed by atoms with Crippen molar-refractivity contribution in [2.24, 2.45) is 0 Å². The summed E-state index contributed by atoms with van der Waals surface area (Å²) in [5.41, 5.74) is -0.255. The van der Waals surface area contributed by atoms with E-state index in [9.17, 15) is 4.79 Å². The Morgan fingerprint density at radius 2 is 2.12 bits per heavy atom. The number of aliphatic hydroxyl groups excluding tert-OH is 1. The van der Waals surface area contributed by atoms with Gasteiger partial charge in [-0.1, -0.05) is 0 Å². The molecule has 94 valence electrons. The monoisotopic (exact) mass is 230 g/mol. The summed E-state index contributed by atoms with van der Waals surface area (Å²) in [6.45, 7) is 6.49. The molecule has 0 aromatic rings. The van der Waals surface area contributed by atoms with Gasteiger partial charge >= 0.3 is 5.97 Å². The first-order chi connectivity index (χ1) is 7.52. The van der Waals surface area contributed by atoms with Crippen LogP contribution in [0.5, 0.6) is 0 Å². The molecule has 0 saturated carbocycles. The van der Waals surface area contributed by atoms with Gasteiger partial charge in [-0.2, -0.15) is 0 Å². The lowest BCUT2D eigenvalue weighted by Gasteiger charge is -2.52. The highest BCUT2D eigenvalue weighted by Gasteiger charge is 2.44. The quantitative estimate of drug-likeness (QED) is 0.569. The molecule has 0 spiro atoms. The van der Waals surface area contributed by atoms with Crippen molar-refractivity contribution in [3.05, 3.63) is 0 Å². The van der Waals surface area contributed by atoms with Gasteiger partial charge in [0.1, 0.15) is 0 Å². The molecule has 3 N–H and O–H groups in total. The van der Waals surface area contributed by atoms with Crippen molar-refractivity contribution in [3.63, 3.8) is 0 Å². The van der Waals surface area contributed by atoms with Crippen LogP contribution < -0.4 is 5.32 Å². The van der Waals surface area contributed by atoms with E-state index in [-0.39, 0.29) is 18.6 Å². The average molecular weight is 230 g/mol. The minimum atomic E-state index is -0.754. The van der Waals surface area contributed by atoms with Crippen LogP contribution in [-0.4, -0.2) is 58.9 Å². The van der Waals surface area contributed by atoms with Crippen LogP contribution in [0.25, 0.3) is 0 Å².